The van der Waals surface area contributed by atoms with Crippen LogP contribution in [0.1, 0.15) is 12.0 Å². The van der Waals surface area contributed by atoms with Crippen molar-refractivity contribution < 1.29 is 18.8 Å². The first-order valence-corrected chi connectivity index (χ1v) is 4.74. The van der Waals surface area contributed by atoms with Gasteiger partial charge in [-0.25, -0.2) is 4.39 Å². The number of nitrogen functional groups attached to an aromatic ring is 1. The van der Waals surface area contributed by atoms with Gasteiger partial charge in [0.15, 0.2) is 5.82 Å². The van der Waals surface area contributed by atoms with Crippen LogP contribution in [-0.4, -0.2) is 18.0 Å². The molecular formula is C11H9FN2O4. The minimum absolute atomic E-state index is 0.0669. The zero-order valence-electron chi connectivity index (χ0n) is 9.40. The lowest BCUT2D eigenvalue weighted by atomic mass is 10.1. The zero-order valence-corrected chi connectivity index (χ0v) is 9.40. The molecule has 0 spiro atoms. The SMILES string of the molecule is COC(=O)CC#Cc1cc(F)c(N)c([N+](=O)[O-])c1. The van der Waals surface area contributed by atoms with E-state index in [1.54, 1.807) is 0 Å². The summed E-state index contributed by atoms with van der Waals surface area (Å²) >= 11 is 0. The quantitative estimate of drug-likeness (QED) is 0.281. The number of hydrogen-bond donors (Lipinski definition) is 1. The van der Waals surface area contributed by atoms with E-state index in [1.165, 1.54) is 7.11 Å². The van der Waals surface area contributed by atoms with Crippen LogP contribution in [0.25, 0.3) is 0 Å². The van der Waals surface area contributed by atoms with Crippen molar-refractivity contribution in [2.45, 2.75) is 6.42 Å². The Labute approximate surface area is 102 Å². The molecule has 1 aromatic rings. The standard InChI is InChI=1S/C11H9FN2O4/c1-18-10(15)4-2-3-7-5-8(12)11(13)9(6-7)14(16)17/h5-6H,4,13H2,1H3. The summed E-state index contributed by atoms with van der Waals surface area (Å²) in [5.41, 5.74) is 4.18. The first-order valence-electron chi connectivity index (χ1n) is 4.74. The first kappa shape index (κ1) is 13.4. The number of nitrogens with two attached hydrogens (primary N) is 1. The van der Waals surface area contributed by atoms with E-state index < -0.39 is 28.1 Å². The number of esters is 1. The highest BCUT2D eigenvalue weighted by Crippen LogP contribution is 2.25. The number of carbonyl (C=O) groups is 1. The van der Waals surface area contributed by atoms with Crippen molar-refractivity contribution >= 4 is 17.3 Å². The van der Waals surface area contributed by atoms with E-state index >= 15 is 0 Å². The fourth-order valence-corrected chi connectivity index (χ4v) is 1.12. The third-order valence-corrected chi connectivity index (χ3v) is 2.00. The van der Waals surface area contributed by atoms with Crippen LogP contribution in [0.2, 0.25) is 0 Å². The van der Waals surface area contributed by atoms with Gasteiger partial charge >= 0.3 is 5.97 Å². The molecule has 1 rings (SSSR count). The molecule has 0 aliphatic rings. The highest BCUT2D eigenvalue weighted by atomic mass is 19.1. The molecule has 1 aromatic carbocycles. The van der Waals surface area contributed by atoms with Crippen molar-refractivity contribution in [1.29, 1.82) is 0 Å². The smallest absolute Gasteiger partial charge is 0.317 e. The molecule has 0 aliphatic carbocycles. The normalized spacial score (nSPS) is 9.22. The van der Waals surface area contributed by atoms with Crippen molar-refractivity contribution in [1.82, 2.24) is 0 Å². The molecule has 18 heavy (non-hydrogen) atoms. The average Bonchev–Trinajstić information content (AvgIpc) is 2.32. The van der Waals surface area contributed by atoms with Gasteiger partial charge < -0.3 is 10.5 Å². The van der Waals surface area contributed by atoms with Crippen LogP contribution in [-0.2, 0) is 9.53 Å². The van der Waals surface area contributed by atoms with E-state index in [2.05, 4.69) is 16.6 Å². The second-order valence-corrected chi connectivity index (χ2v) is 3.20. The number of nitro groups is 1. The second-order valence-electron chi connectivity index (χ2n) is 3.20. The number of rotatable bonds is 2. The van der Waals surface area contributed by atoms with E-state index in [0.29, 0.717) is 0 Å². The Morgan fingerprint density at radius 3 is 2.83 bits per heavy atom. The number of nitro benzene ring substituents is 1. The number of hydrogen-bond acceptors (Lipinski definition) is 5. The monoisotopic (exact) mass is 252 g/mol. The molecule has 0 aliphatic heterocycles. The summed E-state index contributed by atoms with van der Waals surface area (Å²) in [6.07, 6.45) is -0.184. The van der Waals surface area contributed by atoms with Gasteiger partial charge in [0.1, 0.15) is 12.1 Å². The van der Waals surface area contributed by atoms with Gasteiger partial charge in [0.25, 0.3) is 5.69 Å². The Kier molecular flexibility index (Phi) is 4.21. The van der Waals surface area contributed by atoms with E-state index in [9.17, 15) is 19.3 Å². The van der Waals surface area contributed by atoms with Gasteiger partial charge in [0.05, 0.1) is 12.0 Å². The Morgan fingerprint density at radius 1 is 1.61 bits per heavy atom. The van der Waals surface area contributed by atoms with Crippen molar-refractivity contribution in [2.24, 2.45) is 0 Å². The lowest BCUT2D eigenvalue weighted by Crippen LogP contribution is -2.00. The van der Waals surface area contributed by atoms with Crippen LogP contribution in [0.5, 0.6) is 0 Å². The number of halogens is 1. The lowest BCUT2D eigenvalue weighted by Gasteiger charge is -1.99. The predicted octanol–water partition coefficient (Wildman–Crippen LogP) is 1.23. The lowest BCUT2D eigenvalue weighted by molar-refractivity contribution is -0.384. The Hall–Kier alpha value is -2.62. The van der Waals surface area contributed by atoms with Crippen LogP contribution in [0.4, 0.5) is 15.8 Å². The molecule has 0 amide bonds. The summed E-state index contributed by atoms with van der Waals surface area (Å²) < 4.78 is 17.6. The molecule has 0 unspecified atom stereocenters. The fourth-order valence-electron chi connectivity index (χ4n) is 1.12. The molecule has 0 saturated heterocycles. The predicted molar refractivity (Wildman–Crippen MR) is 61.0 cm³/mol. The highest BCUT2D eigenvalue weighted by molar-refractivity contribution is 5.72. The van der Waals surface area contributed by atoms with Crippen LogP contribution >= 0.6 is 0 Å². The minimum atomic E-state index is -0.924. The molecule has 94 valence electrons. The summed E-state index contributed by atoms with van der Waals surface area (Å²) in [4.78, 5) is 20.6. The molecule has 6 nitrogen and oxygen atoms in total. The van der Waals surface area contributed by atoms with Gasteiger partial charge in [-0.15, -0.1) is 0 Å². The maximum Gasteiger partial charge on any atom is 0.317 e. The molecule has 0 heterocycles. The van der Waals surface area contributed by atoms with E-state index in [1.807, 2.05) is 0 Å². The zero-order chi connectivity index (χ0) is 13.7. The van der Waals surface area contributed by atoms with Gasteiger partial charge in [-0.3, -0.25) is 14.9 Å². The third kappa shape index (κ3) is 3.18. The summed E-state index contributed by atoms with van der Waals surface area (Å²) in [5, 5.41) is 10.6. The maximum atomic E-state index is 13.3. The van der Waals surface area contributed by atoms with Crippen molar-refractivity contribution in [2.75, 3.05) is 12.8 Å². The van der Waals surface area contributed by atoms with Gasteiger partial charge in [-0.1, -0.05) is 11.8 Å². The molecule has 0 atom stereocenters. The Bertz CT molecular complexity index is 560. The van der Waals surface area contributed by atoms with Gasteiger partial charge in [0, 0.05) is 11.6 Å². The van der Waals surface area contributed by atoms with E-state index in [-0.39, 0.29) is 12.0 Å². The summed E-state index contributed by atoms with van der Waals surface area (Å²) in [6.45, 7) is 0. The molecule has 0 saturated carbocycles. The second kappa shape index (κ2) is 5.63. The largest absolute Gasteiger partial charge is 0.468 e. The number of ether oxygens (including phenoxy) is 1. The number of nitrogens with zero attached hydrogens (tertiary/aromatic N) is 1. The van der Waals surface area contributed by atoms with E-state index in [4.69, 9.17) is 5.73 Å². The molecule has 2 N–H and O–H groups in total. The third-order valence-electron chi connectivity index (χ3n) is 2.00. The summed E-state index contributed by atoms with van der Waals surface area (Å²) in [7, 11) is 1.21. The van der Waals surface area contributed by atoms with Gasteiger partial charge in [-0.2, -0.15) is 0 Å². The van der Waals surface area contributed by atoms with Gasteiger partial charge in [0.2, 0.25) is 0 Å². The molecular weight excluding hydrogens is 243 g/mol. The van der Waals surface area contributed by atoms with Crippen molar-refractivity contribution in [3.8, 4) is 11.8 Å². The molecule has 0 fully saturated rings. The molecule has 0 aromatic heterocycles. The Balaban J connectivity index is 3.04. The Morgan fingerprint density at radius 2 is 2.28 bits per heavy atom. The fraction of sp³-hybridized carbons (Fsp3) is 0.182. The van der Waals surface area contributed by atoms with Crippen LogP contribution in [0.15, 0.2) is 12.1 Å². The highest BCUT2D eigenvalue weighted by Gasteiger charge is 2.16. The number of benzene rings is 1. The number of methoxy groups -OCH3 is 1. The first-order chi connectivity index (χ1) is 8.45. The van der Waals surface area contributed by atoms with Crippen LogP contribution < -0.4 is 5.73 Å². The topological polar surface area (TPSA) is 95.5 Å². The van der Waals surface area contributed by atoms with E-state index in [0.717, 1.165) is 12.1 Å². The molecule has 0 radical (unpaired) electrons. The van der Waals surface area contributed by atoms with Gasteiger partial charge in [-0.05, 0) is 6.07 Å². The number of carbonyl (C=O) groups excluding carboxylic acids is 1. The average molecular weight is 252 g/mol. The van der Waals surface area contributed by atoms with Crippen molar-refractivity contribution in [3.63, 3.8) is 0 Å². The molecule has 7 heteroatoms. The minimum Gasteiger partial charge on any atom is -0.468 e. The summed E-state index contributed by atoms with van der Waals surface area (Å²) in [5.74, 6) is 3.36. The summed E-state index contributed by atoms with van der Waals surface area (Å²) in [6, 6.07) is 2.01. The van der Waals surface area contributed by atoms with Crippen LogP contribution in [0.3, 0.4) is 0 Å². The molecule has 0 bridgehead atoms. The van der Waals surface area contributed by atoms with Crippen LogP contribution in [0, 0.1) is 27.8 Å². The van der Waals surface area contributed by atoms with Crippen molar-refractivity contribution in [3.05, 3.63) is 33.6 Å². The maximum absolute atomic E-state index is 13.3. The number of anilines is 1.